The van der Waals surface area contributed by atoms with Gasteiger partial charge in [0.2, 0.25) is 0 Å². The van der Waals surface area contributed by atoms with Crippen LogP contribution in [0.4, 0.5) is 20.2 Å². The van der Waals surface area contributed by atoms with Gasteiger partial charge < -0.3 is 10.7 Å². The Balaban J connectivity index is 2.25. The molecule has 1 amide bonds. The fourth-order valence-electron chi connectivity index (χ4n) is 1.75. The molecule has 0 aliphatic heterocycles. The van der Waals surface area contributed by atoms with Crippen molar-refractivity contribution in [3.63, 3.8) is 0 Å². The summed E-state index contributed by atoms with van der Waals surface area (Å²) in [5.41, 5.74) is 4.28. The summed E-state index contributed by atoms with van der Waals surface area (Å²) < 4.78 is 25.9. The van der Waals surface area contributed by atoms with Gasteiger partial charge in [0, 0.05) is 11.8 Å². The second-order valence-electron chi connectivity index (χ2n) is 4.28. The Labute approximate surface area is 114 Å². The van der Waals surface area contributed by atoms with Crippen LogP contribution >= 0.6 is 0 Å². The van der Waals surface area contributed by atoms with Gasteiger partial charge in [-0.25, -0.2) is 8.78 Å². The summed E-state index contributed by atoms with van der Waals surface area (Å²) in [7, 11) is 0. The van der Waals surface area contributed by atoms with Crippen LogP contribution in [0, 0.1) is 18.6 Å². The van der Waals surface area contributed by atoms with E-state index in [4.69, 9.17) is 5.84 Å². The van der Waals surface area contributed by atoms with Gasteiger partial charge in [-0.1, -0.05) is 6.07 Å². The topological polar surface area (TPSA) is 67.2 Å². The first kappa shape index (κ1) is 14.0. The number of nitrogens with two attached hydrogens (primary N) is 1. The molecule has 2 rings (SSSR count). The van der Waals surface area contributed by atoms with Crippen LogP contribution in [0.3, 0.4) is 0 Å². The molecule has 0 aromatic heterocycles. The van der Waals surface area contributed by atoms with Crippen LogP contribution in [0.25, 0.3) is 0 Å². The van der Waals surface area contributed by atoms with E-state index in [1.807, 2.05) is 6.92 Å². The molecule has 0 saturated carbocycles. The lowest BCUT2D eigenvalue weighted by Gasteiger charge is -2.10. The van der Waals surface area contributed by atoms with Gasteiger partial charge in [-0.3, -0.25) is 10.6 Å². The van der Waals surface area contributed by atoms with E-state index in [1.165, 1.54) is 6.07 Å². The lowest BCUT2D eigenvalue weighted by atomic mass is 10.1. The third kappa shape index (κ3) is 2.92. The Morgan fingerprint density at radius 3 is 2.50 bits per heavy atom. The van der Waals surface area contributed by atoms with E-state index in [-0.39, 0.29) is 5.69 Å². The molecule has 20 heavy (non-hydrogen) atoms. The molecule has 0 unspecified atom stereocenters. The van der Waals surface area contributed by atoms with Crippen LogP contribution in [0.5, 0.6) is 0 Å². The summed E-state index contributed by atoms with van der Waals surface area (Å²) in [6.07, 6.45) is 0. The predicted octanol–water partition coefficient (Wildman–Crippen LogP) is 2.81. The molecule has 2 aromatic rings. The van der Waals surface area contributed by atoms with Crippen molar-refractivity contribution in [2.75, 3.05) is 10.7 Å². The van der Waals surface area contributed by atoms with E-state index in [9.17, 15) is 13.6 Å². The molecule has 0 radical (unpaired) electrons. The minimum absolute atomic E-state index is 0.164. The molecule has 2 aromatic carbocycles. The second kappa shape index (κ2) is 5.66. The van der Waals surface area contributed by atoms with Gasteiger partial charge in [0.25, 0.3) is 5.91 Å². The predicted molar refractivity (Wildman–Crippen MR) is 73.3 cm³/mol. The lowest BCUT2D eigenvalue weighted by Crippen LogP contribution is -2.17. The van der Waals surface area contributed by atoms with Gasteiger partial charge in [0.1, 0.15) is 0 Å². The van der Waals surface area contributed by atoms with Gasteiger partial charge in [-0.2, -0.15) is 0 Å². The van der Waals surface area contributed by atoms with Crippen molar-refractivity contribution in [1.29, 1.82) is 0 Å². The highest BCUT2D eigenvalue weighted by atomic mass is 19.2. The molecule has 0 heterocycles. The second-order valence-corrected chi connectivity index (χ2v) is 4.28. The number of hydrogen-bond donors (Lipinski definition) is 3. The summed E-state index contributed by atoms with van der Waals surface area (Å²) in [6, 6.07) is 8.19. The highest BCUT2D eigenvalue weighted by molar-refractivity contribution is 6.08. The fourth-order valence-corrected chi connectivity index (χ4v) is 1.75. The molecular formula is C14H13F2N3O. The van der Waals surface area contributed by atoms with Crippen LogP contribution in [-0.2, 0) is 0 Å². The molecule has 0 aliphatic carbocycles. The summed E-state index contributed by atoms with van der Waals surface area (Å²) in [6.45, 7) is 1.86. The van der Waals surface area contributed by atoms with Gasteiger partial charge in [-0.05, 0) is 36.8 Å². The number of amides is 1. The first-order valence-corrected chi connectivity index (χ1v) is 5.85. The van der Waals surface area contributed by atoms with E-state index in [0.29, 0.717) is 11.3 Å². The van der Waals surface area contributed by atoms with E-state index in [2.05, 4.69) is 10.7 Å². The summed E-state index contributed by atoms with van der Waals surface area (Å²) in [4.78, 5) is 12.1. The zero-order valence-electron chi connectivity index (χ0n) is 10.7. The van der Waals surface area contributed by atoms with E-state index < -0.39 is 17.5 Å². The molecule has 0 bridgehead atoms. The number of anilines is 2. The maximum Gasteiger partial charge on any atom is 0.257 e. The normalized spacial score (nSPS) is 10.2. The molecule has 0 atom stereocenters. The zero-order chi connectivity index (χ0) is 14.7. The molecule has 6 heteroatoms. The van der Waals surface area contributed by atoms with Crippen LogP contribution in [0.1, 0.15) is 15.9 Å². The summed E-state index contributed by atoms with van der Waals surface area (Å²) >= 11 is 0. The van der Waals surface area contributed by atoms with Crippen molar-refractivity contribution in [1.82, 2.24) is 0 Å². The average molecular weight is 277 g/mol. The van der Waals surface area contributed by atoms with Crippen LogP contribution < -0.4 is 16.6 Å². The van der Waals surface area contributed by atoms with Crippen molar-refractivity contribution in [3.05, 3.63) is 59.2 Å². The number of carbonyl (C=O) groups excluding carboxylic acids is 1. The number of nitrogen functional groups attached to an aromatic ring is 1. The van der Waals surface area contributed by atoms with Gasteiger partial charge in [0.05, 0.1) is 11.3 Å². The Morgan fingerprint density at radius 1 is 1.10 bits per heavy atom. The number of nitrogens with one attached hydrogen (secondary N) is 2. The van der Waals surface area contributed by atoms with E-state index in [0.717, 1.165) is 17.7 Å². The fraction of sp³-hybridized carbons (Fsp3) is 0.0714. The van der Waals surface area contributed by atoms with E-state index >= 15 is 0 Å². The molecule has 4 nitrogen and oxygen atoms in total. The number of halogens is 2. The number of aryl methyl sites for hydroxylation is 1. The highest BCUT2D eigenvalue weighted by Crippen LogP contribution is 2.19. The number of benzene rings is 2. The van der Waals surface area contributed by atoms with Crippen molar-refractivity contribution in [3.8, 4) is 0 Å². The van der Waals surface area contributed by atoms with E-state index in [1.54, 1.807) is 18.2 Å². The molecule has 104 valence electrons. The van der Waals surface area contributed by atoms with Gasteiger partial charge in [-0.15, -0.1) is 0 Å². The van der Waals surface area contributed by atoms with Crippen molar-refractivity contribution in [2.45, 2.75) is 6.92 Å². The SMILES string of the molecule is Cc1ccc(C(=O)Nc2ccc(F)c(F)c2)c(NN)c1. The van der Waals surface area contributed by atoms with Crippen LogP contribution in [-0.4, -0.2) is 5.91 Å². The molecule has 0 aliphatic rings. The third-order valence-electron chi connectivity index (χ3n) is 2.75. The molecular weight excluding hydrogens is 264 g/mol. The maximum absolute atomic E-state index is 13.1. The van der Waals surface area contributed by atoms with Crippen molar-refractivity contribution >= 4 is 17.3 Å². The summed E-state index contributed by atoms with van der Waals surface area (Å²) in [5, 5.41) is 2.48. The number of hydrogen-bond acceptors (Lipinski definition) is 3. The highest BCUT2D eigenvalue weighted by Gasteiger charge is 2.12. The maximum atomic E-state index is 13.1. The monoisotopic (exact) mass is 277 g/mol. The van der Waals surface area contributed by atoms with Gasteiger partial charge >= 0.3 is 0 Å². The number of hydrazine groups is 1. The summed E-state index contributed by atoms with van der Waals surface area (Å²) in [5.74, 6) is 2.89. The Kier molecular flexibility index (Phi) is 3.95. The van der Waals surface area contributed by atoms with Crippen molar-refractivity contribution < 1.29 is 13.6 Å². The largest absolute Gasteiger partial charge is 0.323 e. The first-order valence-electron chi connectivity index (χ1n) is 5.85. The smallest absolute Gasteiger partial charge is 0.257 e. The van der Waals surface area contributed by atoms with Crippen LogP contribution in [0.15, 0.2) is 36.4 Å². The zero-order valence-corrected chi connectivity index (χ0v) is 10.7. The quantitative estimate of drug-likeness (QED) is 0.597. The van der Waals surface area contributed by atoms with Gasteiger partial charge in [0.15, 0.2) is 11.6 Å². The minimum Gasteiger partial charge on any atom is -0.323 e. The number of carbonyl (C=O) groups is 1. The Bertz CT molecular complexity index is 659. The molecule has 0 saturated heterocycles. The Morgan fingerprint density at radius 2 is 1.85 bits per heavy atom. The average Bonchev–Trinajstić information content (AvgIpc) is 2.42. The first-order chi connectivity index (χ1) is 9.51. The lowest BCUT2D eigenvalue weighted by molar-refractivity contribution is 0.102. The van der Waals surface area contributed by atoms with Crippen molar-refractivity contribution in [2.24, 2.45) is 5.84 Å². The third-order valence-corrected chi connectivity index (χ3v) is 2.75. The van der Waals surface area contributed by atoms with Crippen LogP contribution in [0.2, 0.25) is 0 Å². The minimum atomic E-state index is -1.02. The molecule has 0 spiro atoms. The number of rotatable bonds is 3. The standard InChI is InChI=1S/C14H13F2N3O/c1-8-2-4-10(13(6-8)19-17)14(20)18-9-3-5-11(15)12(16)7-9/h2-7,19H,17H2,1H3,(H,18,20). The molecule has 0 fully saturated rings. The Hall–Kier alpha value is -2.47. The molecule has 4 N–H and O–H groups in total.